The summed E-state index contributed by atoms with van der Waals surface area (Å²) >= 11 is 0. The molecule has 4 aromatic rings. The van der Waals surface area contributed by atoms with Crippen LogP contribution in [0.3, 0.4) is 0 Å². The molecule has 1 aliphatic heterocycles. The summed E-state index contributed by atoms with van der Waals surface area (Å²) in [5.74, 6) is 0.691. The fourth-order valence-electron chi connectivity index (χ4n) is 5.44. The summed E-state index contributed by atoms with van der Waals surface area (Å²) in [7, 11) is 3.47. The van der Waals surface area contributed by atoms with Crippen LogP contribution in [0.1, 0.15) is 79.2 Å². The number of nitrogens with zero attached hydrogens (tertiary/aromatic N) is 4. The number of aromatic nitrogens is 2. The Bertz CT molecular complexity index is 1870. The van der Waals surface area contributed by atoms with Crippen molar-refractivity contribution >= 4 is 34.2 Å². The minimum atomic E-state index is -0.565. The van der Waals surface area contributed by atoms with Crippen molar-refractivity contribution in [2.24, 2.45) is 4.99 Å². The summed E-state index contributed by atoms with van der Waals surface area (Å²) in [6.45, 7) is 15.1. The first-order valence-electron chi connectivity index (χ1n) is 16.4. The van der Waals surface area contributed by atoms with Crippen molar-refractivity contribution in [2.75, 3.05) is 14.1 Å². The largest absolute Gasteiger partial charge is 0.444 e. The lowest BCUT2D eigenvalue weighted by Crippen LogP contribution is -2.42. The molecule has 48 heavy (non-hydrogen) atoms. The summed E-state index contributed by atoms with van der Waals surface area (Å²) in [5.41, 5.74) is 6.22. The first kappa shape index (κ1) is 34.4. The minimum Gasteiger partial charge on any atom is -0.444 e. The van der Waals surface area contributed by atoms with E-state index in [2.05, 4.69) is 75.6 Å². The average molecular weight is 650 g/mol. The van der Waals surface area contributed by atoms with Crippen molar-refractivity contribution in [1.82, 2.24) is 19.8 Å². The van der Waals surface area contributed by atoms with Crippen molar-refractivity contribution in [3.8, 4) is 22.4 Å². The molecule has 0 bridgehead atoms. The molecule has 0 unspecified atom stereocenters. The molecule has 0 saturated carbocycles. The molecule has 9 heteroatoms. The molecule has 1 N–H and O–H groups in total. The maximum atomic E-state index is 12.6. The van der Waals surface area contributed by atoms with E-state index in [-0.39, 0.29) is 18.2 Å². The van der Waals surface area contributed by atoms with Crippen molar-refractivity contribution in [3.63, 3.8) is 0 Å². The normalized spacial score (nSPS) is 14.6. The monoisotopic (exact) mass is 649 g/mol. The number of rotatable bonds is 7. The zero-order valence-electron chi connectivity index (χ0n) is 29.7. The number of carbonyl (C=O) groups is 2. The maximum Gasteiger partial charge on any atom is 0.410 e. The Morgan fingerprint density at radius 2 is 1.23 bits per heavy atom. The lowest BCUT2D eigenvalue weighted by Gasteiger charge is -2.29. The Morgan fingerprint density at radius 3 is 1.81 bits per heavy atom. The quantitative estimate of drug-likeness (QED) is 0.215. The zero-order chi connectivity index (χ0) is 35.0. The summed E-state index contributed by atoms with van der Waals surface area (Å²) < 4.78 is 11.0. The molecule has 0 spiro atoms. The van der Waals surface area contributed by atoms with Crippen LogP contribution in [0.5, 0.6) is 0 Å². The van der Waals surface area contributed by atoms with E-state index in [1.807, 2.05) is 61.6 Å². The van der Waals surface area contributed by atoms with E-state index in [4.69, 9.17) is 9.47 Å². The number of hydrogen-bond acceptors (Lipinski definition) is 6. The van der Waals surface area contributed by atoms with Crippen molar-refractivity contribution in [2.45, 2.75) is 85.1 Å². The lowest BCUT2D eigenvalue weighted by molar-refractivity contribution is 0.0225. The van der Waals surface area contributed by atoms with Gasteiger partial charge in [0.25, 0.3) is 0 Å². The van der Waals surface area contributed by atoms with Gasteiger partial charge < -0.3 is 24.3 Å². The molecular formula is C39H47N5O4. The van der Waals surface area contributed by atoms with Gasteiger partial charge in [-0.2, -0.15) is 0 Å². The summed E-state index contributed by atoms with van der Waals surface area (Å²) in [6, 6.07) is 20.9. The van der Waals surface area contributed by atoms with Gasteiger partial charge in [-0.15, -0.1) is 0 Å². The molecule has 1 aromatic heterocycles. The van der Waals surface area contributed by atoms with E-state index >= 15 is 0 Å². The molecule has 2 atom stereocenters. The maximum absolute atomic E-state index is 12.6. The van der Waals surface area contributed by atoms with Gasteiger partial charge in [-0.3, -0.25) is 4.99 Å². The predicted octanol–water partition coefficient (Wildman–Crippen LogP) is 9.27. The van der Waals surface area contributed by atoms with E-state index < -0.39 is 17.3 Å². The minimum absolute atomic E-state index is 0.171. The second-order valence-corrected chi connectivity index (χ2v) is 14.5. The fraction of sp³-hybridized carbons (Fsp3) is 0.385. The number of aromatic amines is 1. The van der Waals surface area contributed by atoms with Crippen LogP contribution in [0.15, 0.2) is 78.1 Å². The Balaban J connectivity index is 1.23. The third-order valence-electron chi connectivity index (χ3n) is 8.50. The van der Waals surface area contributed by atoms with E-state index in [0.29, 0.717) is 12.2 Å². The highest BCUT2D eigenvalue weighted by molar-refractivity contribution is 6.02. The third kappa shape index (κ3) is 7.95. The van der Waals surface area contributed by atoms with Crippen LogP contribution in [0.25, 0.3) is 38.7 Å². The van der Waals surface area contributed by atoms with Gasteiger partial charge in [-0.1, -0.05) is 48.5 Å². The number of imidazole rings is 1. The first-order valence-corrected chi connectivity index (χ1v) is 16.4. The van der Waals surface area contributed by atoms with E-state index in [9.17, 15) is 9.59 Å². The highest BCUT2D eigenvalue weighted by Crippen LogP contribution is 2.32. The number of amides is 2. The van der Waals surface area contributed by atoms with Crippen LogP contribution in [0.2, 0.25) is 0 Å². The molecule has 2 heterocycles. The third-order valence-corrected chi connectivity index (χ3v) is 8.50. The summed E-state index contributed by atoms with van der Waals surface area (Å²) in [4.78, 5) is 40.9. The Hall–Kier alpha value is -4.92. The number of H-pyrrole nitrogens is 1. The van der Waals surface area contributed by atoms with Crippen LogP contribution >= 0.6 is 0 Å². The molecule has 0 fully saturated rings. The van der Waals surface area contributed by atoms with Gasteiger partial charge in [0.2, 0.25) is 0 Å². The highest BCUT2D eigenvalue weighted by Gasteiger charge is 2.28. The number of aliphatic imine (C=N–C) groups is 1. The van der Waals surface area contributed by atoms with Crippen LogP contribution < -0.4 is 0 Å². The predicted molar refractivity (Wildman–Crippen MR) is 193 cm³/mol. The number of fused-ring (bicyclic) bond motifs is 1. The van der Waals surface area contributed by atoms with Crippen molar-refractivity contribution in [3.05, 3.63) is 84.4 Å². The number of ether oxygens (including phenoxy) is 2. The number of carbonyl (C=O) groups excluding carboxylic acids is 2. The summed E-state index contributed by atoms with van der Waals surface area (Å²) in [5, 5.41) is 2.26. The van der Waals surface area contributed by atoms with Gasteiger partial charge in [-0.25, -0.2) is 14.6 Å². The van der Waals surface area contributed by atoms with Crippen molar-refractivity contribution in [1.29, 1.82) is 0 Å². The lowest BCUT2D eigenvalue weighted by atomic mass is 9.96. The van der Waals surface area contributed by atoms with Gasteiger partial charge >= 0.3 is 12.2 Å². The molecule has 1 aliphatic rings. The topological polar surface area (TPSA) is 100 Å². The molecule has 9 nitrogen and oxygen atoms in total. The highest BCUT2D eigenvalue weighted by atomic mass is 16.6. The molecule has 0 saturated heterocycles. The molecule has 0 aliphatic carbocycles. The zero-order valence-corrected chi connectivity index (χ0v) is 29.7. The molecule has 0 radical (unpaired) electrons. The van der Waals surface area contributed by atoms with Gasteiger partial charge in [0.1, 0.15) is 17.0 Å². The SMILES string of the molecule is C[C@@H](C1=NC=C(c2ccc(-c3ccc4cc(-c5cnc([C@H](C)N(C)C(=O)OC(C)(C)C)[nH]5)ccc4c3)cc2)C1)N(C)C(=O)OC(C)(C)C. The number of benzene rings is 3. The fourth-order valence-corrected chi connectivity index (χ4v) is 5.44. The van der Waals surface area contributed by atoms with Crippen LogP contribution in [-0.4, -0.2) is 69.0 Å². The molecule has 5 rings (SSSR count). The van der Waals surface area contributed by atoms with Crippen LogP contribution in [0.4, 0.5) is 9.59 Å². The molecular weight excluding hydrogens is 602 g/mol. The molecule has 2 amide bonds. The van der Waals surface area contributed by atoms with Gasteiger partial charge in [0.15, 0.2) is 0 Å². The molecule has 252 valence electrons. The van der Waals surface area contributed by atoms with Gasteiger partial charge in [0.05, 0.1) is 24.0 Å². The van der Waals surface area contributed by atoms with Gasteiger partial charge in [-0.05, 0) is 101 Å². The summed E-state index contributed by atoms with van der Waals surface area (Å²) in [6.07, 6.45) is 3.65. The number of allylic oxidation sites excluding steroid dienone is 1. The average Bonchev–Trinajstić information content (AvgIpc) is 3.72. The second-order valence-electron chi connectivity index (χ2n) is 14.5. The van der Waals surface area contributed by atoms with Crippen LogP contribution in [0, 0.1) is 0 Å². The van der Waals surface area contributed by atoms with Crippen LogP contribution in [-0.2, 0) is 9.47 Å². The van der Waals surface area contributed by atoms with E-state index in [1.165, 1.54) is 0 Å². The van der Waals surface area contributed by atoms with E-state index in [1.54, 1.807) is 30.1 Å². The Kier molecular flexibility index (Phi) is 9.53. The van der Waals surface area contributed by atoms with Gasteiger partial charge in [0, 0.05) is 38.0 Å². The Labute approximate surface area is 283 Å². The van der Waals surface area contributed by atoms with Crippen molar-refractivity contribution < 1.29 is 19.1 Å². The molecule has 3 aromatic carbocycles. The number of nitrogens with one attached hydrogen (secondary N) is 1. The van der Waals surface area contributed by atoms with E-state index in [0.717, 1.165) is 50.0 Å². The Morgan fingerprint density at radius 1 is 0.729 bits per heavy atom. The standard InChI is InChI=1S/C39H47N5O4/c1-24(43(9)36(45)47-38(3,4)5)33-21-32(22-40-33)27-13-11-26(12-14-27)28-15-16-30-20-31(18-17-29(30)19-28)34-23-41-35(42-34)25(2)44(10)37(46)48-39(6,7)8/h11-20,22-25H,21H2,1-10H3,(H,41,42)/t24-,25-/m0/s1. The second kappa shape index (κ2) is 13.3. The smallest absolute Gasteiger partial charge is 0.410 e. The first-order chi connectivity index (χ1) is 22.5. The number of hydrogen-bond donors (Lipinski definition) is 1.